The van der Waals surface area contributed by atoms with E-state index in [1.54, 1.807) is 28.9 Å². The Morgan fingerprint density at radius 2 is 1.73 bits per heavy atom. The van der Waals surface area contributed by atoms with E-state index < -0.39 is 0 Å². The Hall–Kier alpha value is -2.66. The predicted molar refractivity (Wildman–Crippen MR) is 83.9 cm³/mol. The second kappa shape index (κ2) is 5.61. The lowest BCUT2D eigenvalue weighted by molar-refractivity contribution is 0.277. The van der Waals surface area contributed by atoms with E-state index in [9.17, 15) is 10.2 Å². The number of hydrogen-bond acceptors (Lipinski definition) is 4. The van der Waals surface area contributed by atoms with Gasteiger partial charge in [0, 0.05) is 5.56 Å². The number of aromatic hydroxyl groups is 1. The van der Waals surface area contributed by atoms with Crippen molar-refractivity contribution in [3.05, 3.63) is 59.3 Å². The number of nitrogens with zero attached hydrogens (tertiary/aromatic N) is 3. The lowest BCUT2D eigenvalue weighted by Gasteiger charge is -2.10. The number of hydrogen-bond donors (Lipinski definition) is 2. The van der Waals surface area contributed by atoms with Gasteiger partial charge in [-0.3, -0.25) is 0 Å². The number of aromatic nitrogens is 3. The first kappa shape index (κ1) is 14.3. The highest BCUT2D eigenvalue weighted by Crippen LogP contribution is 2.27. The molecular formula is C17H17N3O2. The fourth-order valence-corrected chi connectivity index (χ4v) is 2.37. The van der Waals surface area contributed by atoms with Crippen LogP contribution in [0, 0.1) is 13.8 Å². The van der Waals surface area contributed by atoms with Crippen LogP contribution in [0.5, 0.6) is 5.75 Å². The second-order valence-electron chi connectivity index (χ2n) is 5.27. The van der Waals surface area contributed by atoms with Crippen molar-refractivity contribution in [3.63, 3.8) is 0 Å². The molecule has 5 nitrogen and oxygen atoms in total. The van der Waals surface area contributed by atoms with Gasteiger partial charge in [-0.2, -0.15) is 0 Å². The quantitative estimate of drug-likeness (QED) is 0.779. The summed E-state index contributed by atoms with van der Waals surface area (Å²) in [6.07, 6.45) is 0. The fourth-order valence-electron chi connectivity index (χ4n) is 2.37. The molecule has 0 radical (unpaired) electrons. The zero-order chi connectivity index (χ0) is 15.7. The van der Waals surface area contributed by atoms with E-state index in [0.29, 0.717) is 5.69 Å². The molecule has 0 spiro atoms. The monoisotopic (exact) mass is 295 g/mol. The van der Waals surface area contributed by atoms with Crippen molar-refractivity contribution in [3.8, 4) is 22.7 Å². The van der Waals surface area contributed by atoms with Gasteiger partial charge in [0.05, 0.1) is 12.3 Å². The van der Waals surface area contributed by atoms with Crippen molar-refractivity contribution in [1.82, 2.24) is 15.0 Å². The van der Waals surface area contributed by atoms with E-state index in [0.717, 1.165) is 16.9 Å². The van der Waals surface area contributed by atoms with Crippen LogP contribution in [0.1, 0.15) is 16.8 Å². The molecule has 0 saturated heterocycles. The van der Waals surface area contributed by atoms with Gasteiger partial charge in [0.2, 0.25) is 0 Å². The first-order valence-corrected chi connectivity index (χ1v) is 7.02. The molecule has 2 N–H and O–H groups in total. The molecule has 1 heterocycles. The maximum atomic E-state index is 9.55. The van der Waals surface area contributed by atoms with Crippen molar-refractivity contribution in [1.29, 1.82) is 0 Å². The molecule has 0 unspecified atom stereocenters. The van der Waals surface area contributed by atoms with Gasteiger partial charge in [-0.15, -0.1) is 5.10 Å². The van der Waals surface area contributed by atoms with E-state index in [1.807, 2.05) is 19.1 Å². The molecule has 0 saturated carbocycles. The highest BCUT2D eigenvalue weighted by molar-refractivity contribution is 5.65. The van der Waals surface area contributed by atoms with Gasteiger partial charge >= 0.3 is 0 Å². The summed E-state index contributed by atoms with van der Waals surface area (Å²) in [6.45, 7) is 3.92. The molecule has 0 atom stereocenters. The normalized spacial score (nSPS) is 10.9. The summed E-state index contributed by atoms with van der Waals surface area (Å²) in [6, 6.07) is 12.8. The molecule has 1 aromatic heterocycles. The molecule has 0 aliphatic rings. The van der Waals surface area contributed by atoms with Gasteiger partial charge in [0.1, 0.15) is 17.1 Å². The maximum Gasteiger partial charge on any atom is 0.117 e. The standard InChI is InChI=1S/C17H17N3O2/c1-11-3-4-13(9-12(11)2)17-16(10-21)18-19-20(17)14-5-7-15(22)8-6-14/h3-9,21-22H,10H2,1-2H3. The maximum absolute atomic E-state index is 9.55. The summed E-state index contributed by atoms with van der Waals surface area (Å²) in [5.74, 6) is 0.193. The molecule has 5 heteroatoms. The number of benzene rings is 2. The number of aryl methyl sites for hydroxylation is 2. The molecule has 0 aliphatic carbocycles. The van der Waals surface area contributed by atoms with Crippen molar-refractivity contribution in [2.24, 2.45) is 0 Å². The van der Waals surface area contributed by atoms with Crippen LogP contribution < -0.4 is 0 Å². The van der Waals surface area contributed by atoms with E-state index in [2.05, 4.69) is 23.3 Å². The summed E-state index contributed by atoms with van der Waals surface area (Å²) in [5, 5.41) is 27.2. The molecule has 3 rings (SSSR count). The van der Waals surface area contributed by atoms with Gasteiger partial charge in [-0.05, 0) is 55.3 Å². The average molecular weight is 295 g/mol. The number of aliphatic hydroxyl groups is 1. The number of rotatable bonds is 3. The Kier molecular flexibility index (Phi) is 3.65. The third-order valence-corrected chi connectivity index (χ3v) is 3.76. The lowest BCUT2D eigenvalue weighted by atomic mass is 10.0. The predicted octanol–water partition coefficient (Wildman–Crippen LogP) is 2.75. The number of aliphatic hydroxyl groups excluding tert-OH is 1. The van der Waals surface area contributed by atoms with Gasteiger partial charge in [0.25, 0.3) is 0 Å². The van der Waals surface area contributed by atoms with E-state index in [1.165, 1.54) is 11.1 Å². The Labute approximate surface area is 128 Å². The van der Waals surface area contributed by atoms with Crippen molar-refractivity contribution in [2.75, 3.05) is 0 Å². The molecule has 0 fully saturated rings. The minimum absolute atomic E-state index is 0.180. The van der Waals surface area contributed by atoms with Crippen molar-refractivity contribution < 1.29 is 10.2 Å². The second-order valence-corrected chi connectivity index (χ2v) is 5.27. The molecular weight excluding hydrogens is 278 g/mol. The zero-order valence-electron chi connectivity index (χ0n) is 12.5. The molecule has 0 aliphatic heterocycles. The minimum atomic E-state index is -0.180. The van der Waals surface area contributed by atoms with Gasteiger partial charge in [-0.1, -0.05) is 17.3 Å². The fraction of sp³-hybridized carbons (Fsp3) is 0.176. The van der Waals surface area contributed by atoms with Crippen LogP contribution in [0.4, 0.5) is 0 Å². The first-order valence-electron chi connectivity index (χ1n) is 7.02. The summed E-state index contributed by atoms with van der Waals surface area (Å²) >= 11 is 0. The summed E-state index contributed by atoms with van der Waals surface area (Å²) in [7, 11) is 0. The third-order valence-electron chi connectivity index (χ3n) is 3.76. The van der Waals surface area contributed by atoms with Crippen molar-refractivity contribution >= 4 is 0 Å². The largest absolute Gasteiger partial charge is 0.508 e. The van der Waals surface area contributed by atoms with Gasteiger partial charge in [-0.25, -0.2) is 4.68 Å². The van der Waals surface area contributed by atoms with E-state index in [-0.39, 0.29) is 12.4 Å². The van der Waals surface area contributed by atoms with Crippen LogP contribution in [0.3, 0.4) is 0 Å². The summed E-state index contributed by atoms with van der Waals surface area (Å²) < 4.78 is 1.68. The van der Waals surface area contributed by atoms with Crippen LogP contribution in [0.2, 0.25) is 0 Å². The SMILES string of the molecule is Cc1ccc(-c2c(CO)nnn2-c2ccc(O)cc2)cc1C. The molecule has 3 aromatic rings. The van der Waals surface area contributed by atoms with Crippen LogP contribution in [-0.4, -0.2) is 25.2 Å². The number of phenolic OH excluding ortho intramolecular Hbond substituents is 1. The van der Waals surface area contributed by atoms with Crippen LogP contribution in [0.15, 0.2) is 42.5 Å². The van der Waals surface area contributed by atoms with Gasteiger partial charge < -0.3 is 10.2 Å². The zero-order valence-corrected chi connectivity index (χ0v) is 12.5. The minimum Gasteiger partial charge on any atom is -0.508 e. The summed E-state index contributed by atoms with van der Waals surface area (Å²) in [4.78, 5) is 0. The van der Waals surface area contributed by atoms with Crippen LogP contribution in [0.25, 0.3) is 16.9 Å². The average Bonchev–Trinajstić information content (AvgIpc) is 2.94. The molecule has 112 valence electrons. The molecule has 0 amide bonds. The van der Waals surface area contributed by atoms with Crippen molar-refractivity contribution in [2.45, 2.75) is 20.5 Å². The van der Waals surface area contributed by atoms with Crippen LogP contribution in [-0.2, 0) is 6.61 Å². The Morgan fingerprint density at radius 1 is 1.00 bits per heavy atom. The Morgan fingerprint density at radius 3 is 2.36 bits per heavy atom. The summed E-state index contributed by atoms with van der Waals surface area (Å²) in [5.41, 5.74) is 5.38. The van der Waals surface area contributed by atoms with Crippen LogP contribution >= 0.6 is 0 Å². The topological polar surface area (TPSA) is 71.2 Å². The smallest absolute Gasteiger partial charge is 0.117 e. The Balaban J connectivity index is 2.19. The molecule has 0 bridgehead atoms. The van der Waals surface area contributed by atoms with Gasteiger partial charge in [0.15, 0.2) is 0 Å². The lowest BCUT2D eigenvalue weighted by Crippen LogP contribution is -2.00. The Bertz CT molecular complexity index is 807. The first-order chi connectivity index (χ1) is 10.6. The molecule has 22 heavy (non-hydrogen) atoms. The highest BCUT2D eigenvalue weighted by atomic mass is 16.3. The van der Waals surface area contributed by atoms with E-state index in [4.69, 9.17) is 0 Å². The van der Waals surface area contributed by atoms with E-state index >= 15 is 0 Å². The highest BCUT2D eigenvalue weighted by Gasteiger charge is 2.16. The number of phenols is 1. The molecule has 2 aromatic carbocycles. The third kappa shape index (κ3) is 2.46.